The third kappa shape index (κ3) is 3.33. The molecule has 0 atom stereocenters. The first kappa shape index (κ1) is 15.3. The maximum Gasteiger partial charge on any atom is 0.273 e. The summed E-state index contributed by atoms with van der Waals surface area (Å²) in [5.74, 6) is -1.54. The van der Waals surface area contributed by atoms with E-state index in [-0.39, 0.29) is 17.1 Å². The highest BCUT2D eigenvalue weighted by molar-refractivity contribution is 6.12. The maximum atomic E-state index is 12.4. The molecule has 0 saturated heterocycles. The van der Waals surface area contributed by atoms with Crippen LogP contribution in [0.2, 0.25) is 0 Å². The number of benzene rings is 1. The number of hydrazine groups is 1. The lowest BCUT2D eigenvalue weighted by Crippen LogP contribution is -2.24. The van der Waals surface area contributed by atoms with Crippen molar-refractivity contribution in [2.45, 2.75) is 0 Å². The summed E-state index contributed by atoms with van der Waals surface area (Å²) in [4.78, 5) is 23.7. The molecule has 0 aliphatic rings. The van der Waals surface area contributed by atoms with Gasteiger partial charge in [0.15, 0.2) is 11.4 Å². The average Bonchev–Trinajstić information content (AvgIpc) is 2.91. The molecule has 0 radical (unpaired) electrons. The molecule has 3 N–H and O–H groups in total. The Morgan fingerprint density at radius 3 is 2.55 bits per heavy atom. The van der Waals surface area contributed by atoms with Crippen LogP contribution in [0.4, 0.5) is 5.69 Å². The van der Waals surface area contributed by atoms with E-state index in [1.54, 1.807) is 44.4 Å². The number of hydrogen-bond donors (Lipinski definition) is 2. The summed E-state index contributed by atoms with van der Waals surface area (Å²) < 4.78 is 4.94. The number of hydrogen-bond acceptors (Lipinski definition) is 7. The second-order valence-corrected chi connectivity index (χ2v) is 4.46. The molecule has 9 nitrogen and oxygen atoms in total. The van der Waals surface area contributed by atoms with E-state index >= 15 is 0 Å². The van der Waals surface area contributed by atoms with Crippen molar-refractivity contribution < 1.29 is 14.1 Å². The van der Waals surface area contributed by atoms with Crippen LogP contribution in [-0.4, -0.2) is 36.0 Å². The SMILES string of the molecule is CN(C)NN=Nc1c(C(N)=O)noc1C(=O)c1ccccc1. The van der Waals surface area contributed by atoms with Gasteiger partial charge < -0.3 is 10.3 Å². The van der Waals surface area contributed by atoms with Crippen LogP contribution in [0.5, 0.6) is 0 Å². The molecule has 1 aromatic heterocycles. The Morgan fingerprint density at radius 1 is 1.27 bits per heavy atom. The second-order valence-electron chi connectivity index (χ2n) is 4.46. The van der Waals surface area contributed by atoms with Crippen molar-refractivity contribution in [1.29, 1.82) is 0 Å². The Hall–Kier alpha value is -3.07. The zero-order valence-corrected chi connectivity index (χ0v) is 12.0. The minimum atomic E-state index is -0.866. The zero-order valence-electron chi connectivity index (χ0n) is 12.0. The van der Waals surface area contributed by atoms with Gasteiger partial charge in [0.25, 0.3) is 5.91 Å². The summed E-state index contributed by atoms with van der Waals surface area (Å²) in [6, 6.07) is 8.38. The Kier molecular flexibility index (Phi) is 4.59. The molecule has 22 heavy (non-hydrogen) atoms. The van der Waals surface area contributed by atoms with Gasteiger partial charge in [-0.15, -0.1) is 5.11 Å². The van der Waals surface area contributed by atoms with E-state index in [2.05, 4.69) is 21.0 Å². The fourth-order valence-corrected chi connectivity index (χ4v) is 1.57. The standard InChI is InChI=1S/C13H14N6O3/c1-19(2)18-17-15-9-10(13(14)21)16-22-12(9)11(20)8-6-4-3-5-7-8/h3-7H,1-2H3,(H2,14,21)(H,15,18). The molecule has 1 amide bonds. The molecule has 2 aromatic rings. The molecule has 0 fully saturated rings. The predicted octanol–water partition coefficient (Wildman–Crippen LogP) is 1.07. The van der Waals surface area contributed by atoms with E-state index < -0.39 is 11.7 Å². The Labute approximate surface area is 125 Å². The van der Waals surface area contributed by atoms with Crippen LogP contribution in [0.25, 0.3) is 0 Å². The van der Waals surface area contributed by atoms with Crippen LogP contribution in [0, 0.1) is 0 Å². The van der Waals surface area contributed by atoms with Crippen molar-refractivity contribution in [2.75, 3.05) is 14.1 Å². The monoisotopic (exact) mass is 302 g/mol. The molecule has 0 unspecified atom stereocenters. The Morgan fingerprint density at radius 2 is 1.95 bits per heavy atom. The minimum Gasteiger partial charge on any atom is -0.364 e. The molecule has 0 spiro atoms. The van der Waals surface area contributed by atoms with Crippen LogP contribution >= 0.6 is 0 Å². The van der Waals surface area contributed by atoms with Crippen molar-refractivity contribution in [1.82, 2.24) is 15.7 Å². The first-order valence-electron chi connectivity index (χ1n) is 6.23. The number of amides is 1. The highest BCUT2D eigenvalue weighted by Crippen LogP contribution is 2.26. The largest absolute Gasteiger partial charge is 0.364 e. The molecule has 0 aliphatic heterocycles. The number of carbonyl (C=O) groups excluding carboxylic acids is 2. The van der Waals surface area contributed by atoms with E-state index in [0.717, 1.165) is 0 Å². The van der Waals surface area contributed by atoms with E-state index in [1.807, 2.05) is 0 Å². The number of rotatable bonds is 6. The average molecular weight is 302 g/mol. The third-order valence-electron chi connectivity index (χ3n) is 2.54. The van der Waals surface area contributed by atoms with Gasteiger partial charge in [-0.05, 0) is 0 Å². The molecule has 1 heterocycles. The van der Waals surface area contributed by atoms with Gasteiger partial charge in [0.1, 0.15) is 0 Å². The Balaban J connectivity index is 2.41. The molecular formula is C13H14N6O3. The molecule has 2 rings (SSSR count). The van der Waals surface area contributed by atoms with Crippen LogP contribution in [0.1, 0.15) is 26.6 Å². The predicted molar refractivity (Wildman–Crippen MR) is 76.2 cm³/mol. The van der Waals surface area contributed by atoms with Crippen LogP contribution in [0.3, 0.4) is 0 Å². The molecule has 9 heteroatoms. The van der Waals surface area contributed by atoms with Gasteiger partial charge in [-0.2, -0.15) is 0 Å². The van der Waals surface area contributed by atoms with Crippen molar-refractivity contribution >= 4 is 17.4 Å². The molecule has 0 saturated carbocycles. The number of nitrogens with zero attached hydrogens (tertiary/aromatic N) is 4. The number of nitrogens with two attached hydrogens (primary N) is 1. The van der Waals surface area contributed by atoms with Gasteiger partial charge in [0.2, 0.25) is 11.5 Å². The van der Waals surface area contributed by atoms with Gasteiger partial charge in [0, 0.05) is 19.7 Å². The fourth-order valence-electron chi connectivity index (χ4n) is 1.57. The molecule has 1 aromatic carbocycles. The molecule has 0 aliphatic carbocycles. The van der Waals surface area contributed by atoms with Crippen molar-refractivity contribution in [3.8, 4) is 0 Å². The highest BCUT2D eigenvalue weighted by Gasteiger charge is 2.26. The second kappa shape index (κ2) is 6.59. The van der Waals surface area contributed by atoms with Gasteiger partial charge in [-0.25, -0.2) is 10.5 Å². The maximum absolute atomic E-state index is 12.4. The lowest BCUT2D eigenvalue weighted by atomic mass is 10.1. The lowest BCUT2D eigenvalue weighted by molar-refractivity contribution is 0.0979. The summed E-state index contributed by atoms with van der Waals surface area (Å²) in [6.07, 6.45) is 0. The summed E-state index contributed by atoms with van der Waals surface area (Å²) in [7, 11) is 3.38. The van der Waals surface area contributed by atoms with Crippen LogP contribution < -0.4 is 11.3 Å². The highest BCUT2D eigenvalue weighted by atomic mass is 16.5. The van der Waals surface area contributed by atoms with Gasteiger partial charge in [-0.3, -0.25) is 9.59 Å². The number of nitrogens with one attached hydrogen (secondary N) is 1. The third-order valence-corrected chi connectivity index (χ3v) is 2.54. The molecule has 114 valence electrons. The van der Waals surface area contributed by atoms with Crippen molar-refractivity contribution in [3.05, 3.63) is 47.3 Å². The van der Waals surface area contributed by atoms with E-state index in [1.165, 1.54) is 5.01 Å². The number of carbonyl (C=O) groups is 2. The summed E-state index contributed by atoms with van der Waals surface area (Å²) in [5, 5.41) is 12.4. The van der Waals surface area contributed by atoms with E-state index in [9.17, 15) is 9.59 Å². The van der Waals surface area contributed by atoms with Crippen LogP contribution in [0.15, 0.2) is 45.2 Å². The fraction of sp³-hybridized carbons (Fsp3) is 0.154. The number of aromatic nitrogens is 1. The molecule has 0 bridgehead atoms. The van der Waals surface area contributed by atoms with Gasteiger partial charge in [0.05, 0.1) is 0 Å². The zero-order chi connectivity index (χ0) is 16.1. The first-order chi connectivity index (χ1) is 10.5. The van der Waals surface area contributed by atoms with Crippen molar-refractivity contribution in [3.63, 3.8) is 0 Å². The lowest BCUT2D eigenvalue weighted by Gasteiger charge is -2.05. The van der Waals surface area contributed by atoms with E-state index in [4.69, 9.17) is 10.3 Å². The number of ketones is 1. The normalized spacial score (nSPS) is 11.0. The van der Waals surface area contributed by atoms with Gasteiger partial charge >= 0.3 is 0 Å². The van der Waals surface area contributed by atoms with E-state index in [0.29, 0.717) is 5.56 Å². The summed E-state index contributed by atoms with van der Waals surface area (Å²) in [6.45, 7) is 0. The quantitative estimate of drug-likeness (QED) is 0.467. The van der Waals surface area contributed by atoms with Gasteiger partial charge in [-0.1, -0.05) is 40.7 Å². The first-order valence-corrected chi connectivity index (χ1v) is 6.23. The summed E-state index contributed by atoms with van der Waals surface area (Å²) >= 11 is 0. The molecular weight excluding hydrogens is 288 g/mol. The summed E-state index contributed by atoms with van der Waals surface area (Å²) in [5.41, 5.74) is 7.70. The Bertz CT molecular complexity index is 708. The topological polar surface area (TPSA) is 126 Å². The van der Waals surface area contributed by atoms with Crippen molar-refractivity contribution in [2.24, 2.45) is 16.1 Å². The smallest absolute Gasteiger partial charge is 0.273 e. The minimum absolute atomic E-state index is 0.115. The number of primary amides is 1. The van der Waals surface area contributed by atoms with Crippen LogP contribution in [-0.2, 0) is 0 Å².